The van der Waals surface area contributed by atoms with Gasteiger partial charge >= 0.3 is 0 Å². The Morgan fingerprint density at radius 2 is 2.39 bits per heavy atom. The fraction of sp³-hybridized carbons (Fsp3) is 0.438. The van der Waals surface area contributed by atoms with Crippen LogP contribution in [0.1, 0.15) is 37.6 Å². The van der Waals surface area contributed by atoms with E-state index in [1.165, 1.54) is 0 Å². The molecule has 0 saturated carbocycles. The molecule has 7 nitrogen and oxygen atoms in total. The van der Waals surface area contributed by atoms with Crippen molar-refractivity contribution in [2.75, 3.05) is 11.9 Å². The average Bonchev–Trinajstić information content (AvgIpc) is 3.21. The third-order valence-electron chi connectivity index (χ3n) is 3.98. The number of hydrogen-bond donors (Lipinski definition) is 2. The van der Waals surface area contributed by atoms with Crippen LogP contribution in [-0.2, 0) is 16.1 Å². The van der Waals surface area contributed by atoms with Crippen molar-refractivity contribution in [2.45, 2.75) is 32.7 Å². The molecule has 23 heavy (non-hydrogen) atoms. The number of nitrogens with zero attached hydrogens (tertiary/aromatic N) is 2. The lowest BCUT2D eigenvalue weighted by Gasteiger charge is -2.14. The van der Waals surface area contributed by atoms with E-state index in [0.717, 1.165) is 5.69 Å². The predicted octanol–water partition coefficient (Wildman–Crippen LogP) is 2.11. The first-order valence-electron chi connectivity index (χ1n) is 7.69. The molecule has 1 saturated heterocycles. The minimum Gasteiger partial charge on any atom is -0.467 e. The molecule has 2 aromatic rings. The highest BCUT2D eigenvalue weighted by Crippen LogP contribution is 2.22. The maximum absolute atomic E-state index is 12.3. The molecule has 3 heterocycles. The van der Waals surface area contributed by atoms with Gasteiger partial charge in [-0.05, 0) is 18.1 Å². The normalized spacial score (nSPS) is 18.0. The molecule has 1 atom stereocenters. The van der Waals surface area contributed by atoms with Crippen molar-refractivity contribution >= 4 is 17.6 Å². The Kier molecular flexibility index (Phi) is 4.18. The average molecular weight is 316 g/mol. The predicted molar refractivity (Wildman–Crippen MR) is 83.5 cm³/mol. The number of nitrogens with one attached hydrogen (secondary N) is 2. The van der Waals surface area contributed by atoms with Crippen molar-refractivity contribution in [3.63, 3.8) is 0 Å². The summed E-state index contributed by atoms with van der Waals surface area (Å²) in [6.45, 7) is 4.88. The number of amides is 2. The molecule has 0 bridgehead atoms. The van der Waals surface area contributed by atoms with Gasteiger partial charge in [0.2, 0.25) is 11.8 Å². The summed E-state index contributed by atoms with van der Waals surface area (Å²) in [5, 5.41) is 9.75. The van der Waals surface area contributed by atoms with E-state index in [4.69, 9.17) is 4.42 Å². The molecule has 0 radical (unpaired) electrons. The minimum atomic E-state index is -0.364. The number of H-pyrrole nitrogens is 1. The van der Waals surface area contributed by atoms with Gasteiger partial charge in [-0.1, -0.05) is 13.8 Å². The number of rotatable bonds is 5. The van der Waals surface area contributed by atoms with E-state index >= 15 is 0 Å². The van der Waals surface area contributed by atoms with Crippen LogP contribution in [0.2, 0.25) is 0 Å². The molecule has 7 heteroatoms. The second kappa shape index (κ2) is 6.28. The van der Waals surface area contributed by atoms with Gasteiger partial charge in [-0.25, -0.2) is 0 Å². The number of hydrogen-bond acceptors (Lipinski definition) is 4. The summed E-state index contributed by atoms with van der Waals surface area (Å²) in [7, 11) is 0. The summed E-state index contributed by atoms with van der Waals surface area (Å²) >= 11 is 0. The Bertz CT molecular complexity index is 690. The number of carbonyl (C=O) groups excluding carboxylic acids is 2. The fourth-order valence-corrected chi connectivity index (χ4v) is 2.62. The Morgan fingerprint density at radius 3 is 3.04 bits per heavy atom. The van der Waals surface area contributed by atoms with Crippen LogP contribution < -0.4 is 5.32 Å². The number of furan rings is 1. The first-order chi connectivity index (χ1) is 11.0. The van der Waals surface area contributed by atoms with Crippen LogP contribution in [0.25, 0.3) is 0 Å². The van der Waals surface area contributed by atoms with E-state index in [1.807, 2.05) is 26.0 Å². The maximum Gasteiger partial charge on any atom is 0.230 e. The first kappa shape index (κ1) is 15.3. The number of aromatic amines is 1. The van der Waals surface area contributed by atoms with Crippen LogP contribution in [0, 0.1) is 5.92 Å². The topological polar surface area (TPSA) is 91.2 Å². The maximum atomic E-state index is 12.3. The zero-order valence-electron chi connectivity index (χ0n) is 13.2. The summed E-state index contributed by atoms with van der Waals surface area (Å²) < 4.78 is 5.25. The molecule has 1 fully saturated rings. The molecule has 0 unspecified atom stereocenters. The summed E-state index contributed by atoms with van der Waals surface area (Å²) in [5.74, 6) is 0.944. The molecular formula is C16H20N4O3. The van der Waals surface area contributed by atoms with Crippen molar-refractivity contribution in [3.05, 3.63) is 35.9 Å². The number of anilines is 1. The van der Waals surface area contributed by atoms with Gasteiger partial charge in [0.25, 0.3) is 0 Å². The quantitative estimate of drug-likeness (QED) is 0.884. The highest BCUT2D eigenvalue weighted by molar-refractivity contribution is 5.96. The van der Waals surface area contributed by atoms with E-state index in [1.54, 1.807) is 17.2 Å². The number of likely N-dealkylation sites (tertiary alicyclic amines) is 1. The number of aromatic nitrogens is 2. The number of carbonyl (C=O) groups is 2. The molecule has 2 aromatic heterocycles. The van der Waals surface area contributed by atoms with Crippen LogP contribution in [0.15, 0.2) is 28.9 Å². The van der Waals surface area contributed by atoms with Crippen molar-refractivity contribution in [1.82, 2.24) is 15.1 Å². The zero-order valence-corrected chi connectivity index (χ0v) is 13.2. The van der Waals surface area contributed by atoms with Gasteiger partial charge in [0.15, 0.2) is 5.82 Å². The molecule has 2 amide bonds. The summed E-state index contributed by atoms with van der Waals surface area (Å²) in [4.78, 5) is 26.0. The summed E-state index contributed by atoms with van der Waals surface area (Å²) in [6, 6.07) is 5.42. The van der Waals surface area contributed by atoms with Crippen molar-refractivity contribution in [3.8, 4) is 0 Å². The summed E-state index contributed by atoms with van der Waals surface area (Å²) in [5.41, 5.74) is 0.960. The SMILES string of the molecule is CC(C)c1cc(NC(=O)[C@@H]2CC(=O)N(Cc3ccco3)C2)n[nH]1. The monoisotopic (exact) mass is 316 g/mol. The molecule has 3 rings (SSSR count). The lowest BCUT2D eigenvalue weighted by Crippen LogP contribution is -2.28. The second-order valence-electron chi connectivity index (χ2n) is 6.11. The van der Waals surface area contributed by atoms with Gasteiger partial charge in [-0.15, -0.1) is 0 Å². The van der Waals surface area contributed by atoms with Gasteiger partial charge in [-0.3, -0.25) is 14.7 Å². The zero-order chi connectivity index (χ0) is 16.4. The van der Waals surface area contributed by atoms with Gasteiger partial charge < -0.3 is 14.6 Å². The van der Waals surface area contributed by atoms with E-state index in [9.17, 15) is 9.59 Å². The smallest absolute Gasteiger partial charge is 0.230 e. The lowest BCUT2D eigenvalue weighted by atomic mass is 10.1. The van der Waals surface area contributed by atoms with Crippen molar-refractivity contribution in [2.24, 2.45) is 5.92 Å². The van der Waals surface area contributed by atoms with Gasteiger partial charge in [0.1, 0.15) is 5.76 Å². The van der Waals surface area contributed by atoms with Crippen LogP contribution in [-0.4, -0.2) is 33.5 Å². The van der Waals surface area contributed by atoms with E-state index in [-0.39, 0.29) is 24.2 Å². The third-order valence-corrected chi connectivity index (χ3v) is 3.98. The molecule has 1 aliphatic rings. The fourth-order valence-electron chi connectivity index (χ4n) is 2.62. The Morgan fingerprint density at radius 1 is 1.57 bits per heavy atom. The lowest BCUT2D eigenvalue weighted by molar-refractivity contribution is -0.128. The Labute approximate surface area is 134 Å². The molecule has 0 spiro atoms. The van der Waals surface area contributed by atoms with Gasteiger partial charge in [-0.2, -0.15) is 5.10 Å². The van der Waals surface area contributed by atoms with E-state index < -0.39 is 0 Å². The van der Waals surface area contributed by atoms with E-state index in [2.05, 4.69) is 15.5 Å². The second-order valence-corrected chi connectivity index (χ2v) is 6.11. The standard InChI is InChI=1S/C16H20N4O3/c1-10(2)13-7-14(19-18-13)17-16(22)11-6-15(21)20(8-11)9-12-4-3-5-23-12/h3-5,7,10-11H,6,8-9H2,1-2H3,(H2,17,18,19,22)/t11-/m1/s1. The van der Waals surface area contributed by atoms with Crippen LogP contribution >= 0.6 is 0 Å². The Balaban J connectivity index is 1.58. The third kappa shape index (κ3) is 3.44. The largest absolute Gasteiger partial charge is 0.467 e. The van der Waals surface area contributed by atoms with E-state index in [0.29, 0.717) is 30.6 Å². The molecular weight excluding hydrogens is 296 g/mol. The first-order valence-corrected chi connectivity index (χ1v) is 7.69. The van der Waals surface area contributed by atoms with Gasteiger partial charge in [0.05, 0.1) is 18.7 Å². The molecule has 0 aromatic carbocycles. The van der Waals surface area contributed by atoms with Crippen LogP contribution in [0.5, 0.6) is 0 Å². The Hall–Kier alpha value is -2.57. The van der Waals surface area contributed by atoms with Gasteiger partial charge in [0, 0.05) is 24.7 Å². The minimum absolute atomic E-state index is 0.0357. The highest BCUT2D eigenvalue weighted by atomic mass is 16.3. The summed E-state index contributed by atoms with van der Waals surface area (Å²) in [6.07, 6.45) is 1.79. The molecule has 2 N–H and O–H groups in total. The molecule has 122 valence electrons. The van der Waals surface area contributed by atoms with Crippen LogP contribution in [0.3, 0.4) is 0 Å². The highest BCUT2D eigenvalue weighted by Gasteiger charge is 2.34. The van der Waals surface area contributed by atoms with Crippen molar-refractivity contribution in [1.29, 1.82) is 0 Å². The molecule has 0 aliphatic carbocycles. The molecule has 1 aliphatic heterocycles. The van der Waals surface area contributed by atoms with Crippen LogP contribution in [0.4, 0.5) is 5.82 Å². The van der Waals surface area contributed by atoms with Crippen molar-refractivity contribution < 1.29 is 14.0 Å².